The second kappa shape index (κ2) is 13.8. The molecule has 1 aliphatic heterocycles. The molecule has 12 nitrogen and oxygen atoms in total. The topological polar surface area (TPSA) is 161 Å². The predicted molar refractivity (Wildman–Crippen MR) is 176 cm³/mol. The summed E-state index contributed by atoms with van der Waals surface area (Å²) in [6.45, 7) is 10.3. The van der Waals surface area contributed by atoms with E-state index in [9.17, 15) is 29.1 Å². The molecule has 5 rings (SSSR count). The van der Waals surface area contributed by atoms with Crippen molar-refractivity contribution in [3.63, 3.8) is 0 Å². The first-order valence-corrected chi connectivity index (χ1v) is 17.0. The Kier molecular flexibility index (Phi) is 10.2. The van der Waals surface area contributed by atoms with E-state index in [1.807, 2.05) is 6.92 Å². The van der Waals surface area contributed by atoms with Crippen LogP contribution >= 0.6 is 0 Å². The Balaban J connectivity index is 1.81. The lowest BCUT2D eigenvalue weighted by Crippen LogP contribution is -2.83. The van der Waals surface area contributed by atoms with Crippen molar-refractivity contribution in [1.82, 2.24) is 0 Å². The van der Waals surface area contributed by atoms with Crippen molar-refractivity contribution in [2.45, 2.75) is 109 Å². The second-order valence-corrected chi connectivity index (χ2v) is 14.3. The molecule has 2 aliphatic carbocycles. The molecule has 0 radical (unpaired) electrons. The lowest BCUT2D eigenvalue weighted by Gasteiger charge is -2.65. The third kappa shape index (κ3) is 6.28. The first-order chi connectivity index (χ1) is 23.5. The van der Waals surface area contributed by atoms with Crippen LogP contribution < -0.4 is 0 Å². The van der Waals surface area contributed by atoms with Crippen molar-refractivity contribution in [3.8, 4) is 0 Å². The number of hydrogen-bond donors (Lipinski definition) is 1. The monoisotopic (exact) mass is 694 g/mol. The van der Waals surface area contributed by atoms with E-state index in [1.165, 1.54) is 32.9 Å². The Morgan fingerprint density at radius 1 is 0.820 bits per heavy atom. The molecule has 1 N–H and O–H groups in total. The highest BCUT2D eigenvalue weighted by Gasteiger charge is 2.86. The number of ether oxygens (including phenoxy) is 6. The molecule has 3 aliphatic rings. The molecule has 2 bridgehead atoms. The normalized spacial score (nSPS) is 32.8. The minimum absolute atomic E-state index is 0.00897. The van der Waals surface area contributed by atoms with Crippen LogP contribution in [-0.4, -0.2) is 82.8 Å². The van der Waals surface area contributed by atoms with E-state index in [0.29, 0.717) is 6.42 Å². The molecule has 1 spiro atoms. The van der Waals surface area contributed by atoms with Gasteiger partial charge in [0.15, 0.2) is 11.7 Å². The molecule has 1 heterocycles. The van der Waals surface area contributed by atoms with E-state index in [4.69, 9.17) is 28.4 Å². The van der Waals surface area contributed by atoms with Gasteiger partial charge in [-0.25, -0.2) is 9.59 Å². The van der Waals surface area contributed by atoms with Crippen LogP contribution in [0.15, 0.2) is 60.7 Å². The van der Waals surface area contributed by atoms with E-state index in [2.05, 4.69) is 0 Å². The fourth-order valence-corrected chi connectivity index (χ4v) is 8.18. The highest BCUT2D eigenvalue weighted by atomic mass is 16.6. The number of carbonyl (C=O) groups excluding carboxylic acids is 5. The van der Waals surface area contributed by atoms with Crippen molar-refractivity contribution in [3.05, 3.63) is 71.8 Å². The smallest absolute Gasteiger partial charge is 0.338 e. The van der Waals surface area contributed by atoms with Gasteiger partial charge in [-0.2, -0.15) is 0 Å². The van der Waals surface area contributed by atoms with E-state index in [1.54, 1.807) is 69.3 Å². The van der Waals surface area contributed by atoms with Crippen LogP contribution in [0.1, 0.15) is 88.4 Å². The zero-order chi connectivity index (χ0) is 36.6. The molecular formula is C38H46O12. The molecule has 0 unspecified atom stereocenters. The first-order valence-electron chi connectivity index (χ1n) is 17.0. The highest BCUT2D eigenvalue weighted by molar-refractivity contribution is 5.90. The van der Waals surface area contributed by atoms with Gasteiger partial charge in [-0.3, -0.25) is 14.4 Å². The summed E-state index contributed by atoms with van der Waals surface area (Å²) < 4.78 is 37.5. The molecule has 12 heteroatoms. The maximum absolute atomic E-state index is 14.0. The van der Waals surface area contributed by atoms with Gasteiger partial charge in [0, 0.05) is 26.2 Å². The number of fused-ring (bicyclic) bond motifs is 1. The molecule has 9 atom stereocenters. The lowest BCUT2D eigenvalue weighted by molar-refractivity contribution is -0.354. The van der Waals surface area contributed by atoms with E-state index in [0.717, 1.165) is 0 Å². The van der Waals surface area contributed by atoms with Gasteiger partial charge in [0.2, 0.25) is 0 Å². The summed E-state index contributed by atoms with van der Waals surface area (Å²) in [7, 11) is 0. The van der Waals surface area contributed by atoms with Gasteiger partial charge in [0.1, 0.15) is 30.3 Å². The van der Waals surface area contributed by atoms with E-state index < -0.39 is 94.9 Å². The maximum Gasteiger partial charge on any atom is 0.338 e. The SMILES string of the molecule is CC[C@H](C)C(=O)O[C@@H]1C[C@H]2[C@@H](OC(C)=O)[C@]3(OC2(C)C)[C@@]1(COC(C)=O)[C@@H](OC(=O)c1ccccc1)[C@H](OC(=O)c1ccccc1)C[C@]3(C)O. The fraction of sp³-hybridized carbons (Fsp3) is 0.553. The summed E-state index contributed by atoms with van der Waals surface area (Å²) in [5.74, 6) is -4.82. The first kappa shape index (κ1) is 37.0. The lowest BCUT2D eigenvalue weighted by atomic mass is 9.46. The Bertz CT molecular complexity index is 1600. The quantitative estimate of drug-likeness (QED) is 0.272. The molecule has 2 saturated carbocycles. The zero-order valence-corrected chi connectivity index (χ0v) is 29.5. The third-order valence-corrected chi connectivity index (χ3v) is 10.7. The Labute approximate surface area is 291 Å². The largest absolute Gasteiger partial charge is 0.465 e. The molecule has 270 valence electrons. The summed E-state index contributed by atoms with van der Waals surface area (Å²) in [5, 5.41) is 12.8. The van der Waals surface area contributed by atoms with E-state index in [-0.39, 0.29) is 24.0 Å². The number of carbonyl (C=O) groups is 5. The minimum atomic E-state index is -2.04. The molecule has 2 aromatic rings. The fourth-order valence-electron chi connectivity index (χ4n) is 8.18. The Hall–Kier alpha value is -4.29. The number of hydrogen-bond acceptors (Lipinski definition) is 12. The van der Waals surface area contributed by atoms with Gasteiger partial charge < -0.3 is 33.5 Å². The third-order valence-electron chi connectivity index (χ3n) is 10.7. The van der Waals surface area contributed by atoms with Crippen LogP contribution in [0.4, 0.5) is 0 Å². The average molecular weight is 695 g/mol. The molecule has 1 saturated heterocycles. The maximum atomic E-state index is 14.0. The zero-order valence-electron chi connectivity index (χ0n) is 29.5. The van der Waals surface area contributed by atoms with Crippen LogP contribution in [0.5, 0.6) is 0 Å². The van der Waals surface area contributed by atoms with Crippen LogP contribution in [0, 0.1) is 17.3 Å². The standard InChI is InChI=1S/C38H46O12/c1-8-22(2)32(41)48-29-19-27-30(46-24(4)40)38(50-35(27,5)6)36(7,44)20-28(47-33(42)25-15-11-9-12-16-25)31(37(29,38)21-45-23(3)39)49-34(43)26-17-13-10-14-18-26/h9-18,22,27-31,44H,8,19-21H2,1-7H3/t22-,27-,28+,29+,30+,31-,36-,37+,38+/m0/s1. The van der Waals surface area contributed by atoms with Crippen molar-refractivity contribution < 1.29 is 57.5 Å². The van der Waals surface area contributed by atoms with Crippen LogP contribution in [0.25, 0.3) is 0 Å². The van der Waals surface area contributed by atoms with Gasteiger partial charge in [-0.15, -0.1) is 0 Å². The molecular weight excluding hydrogens is 648 g/mol. The van der Waals surface area contributed by atoms with Gasteiger partial charge in [0.25, 0.3) is 0 Å². The second-order valence-electron chi connectivity index (χ2n) is 14.3. The van der Waals surface area contributed by atoms with Crippen LogP contribution in [-0.2, 0) is 42.8 Å². The summed E-state index contributed by atoms with van der Waals surface area (Å²) in [6.07, 6.45) is -5.39. The van der Waals surface area contributed by atoms with Gasteiger partial charge >= 0.3 is 29.8 Å². The van der Waals surface area contributed by atoms with E-state index >= 15 is 0 Å². The van der Waals surface area contributed by atoms with Crippen molar-refractivity contribution in [2.75, 3.05) is 6.61 Å². The van der Waals surface area contributed by atoms with Crippen molar-refractivity contribution >= 4 is 29.8 Å². The number of aliphatic hydroxyl groups is 1. The van der Waals surface area contributed by atoms with Gasteiger partial charge in [-0.1, -0.05) is 50.2 Å². The molecule has 0 aromatic heterocycles. The molecule has 0 amide bonds. The van der Waals surface area contributed by atoms with Crippen LogP contribution in [0.3, 0.4) is 0 Å². The summed E-state index contributed by atoms with van der Waals surface area (Å²) in [5.41, 5.74) is -6.86. The van der Waals surface area contributed by atoms with Gasteiger partial charge in [-0.05, 0) is 57.9 Å². The van der Waals surface area contributed by atoms with Crippen molar-refractivity contribution in [2.24, 2.45) is 17.3 Å². The summed E-state index contributed by atoms with van der Waals surface area (Å²) in [6, 6.07) is 16.2. The average Bonchev–Trinajstić information content (AvgIpc) is 3.23. The summed E-state index contributed by atoms with van der Waals surface area (Å²) in [4.78, 5) is 66.9. The molecule has 50 heavy (non-hydrogen) atoms. The number of rotatable bonds is 10. The Morgan fingerprint density at radius 3 is 1.90 bits per heavy atom. The molecule has 2 aromatic carbocycles. The highest BCUT2D eigenvalue weighted by Crippen LogP contribution is 2.69. The van der Waals surface area contributed by atoms with Crippen molar-refractivity contribution in [1.29, 1.82) is 0 Å². The predicted octanol–water partition coefficient (Wildman–Crippen LogP) is 4.60. The number of benzene rings is 2. The minimum Gasteiger partial charge on any atom is -0.465 e. The number of esters is 5. The van der Waals surface area contributed by atoms with Crippen LogP contribution in [0.2, 0.25) is 0 Å². The van der Waals surface area contributed by atoms with Gasteiger partial charge in [0.05, 0.1) is 28.2 Å². The summed E-state index contributed by atoms with van der Waals surface area (Å²) >= 11 is 0. The Morgan fingerprint density at radius 2 is 1.38 bits per heavy atom. The molecule has 3 fully saturated rings.